The van der Waals surface area contributed by atoms with E-state index in [1.807, 2.05) is 6.07 Å². The van der Waals surface area contributed by atoms with Crippen LogP contribution in [0.2, 0.25) is 0 Å². The Bertz CT molecular complexity index is 686. The molecule has 2 aromatic carbocycles. The Balaban J connectivity index is 1.72. The topological polar surface area (TPSA) is 29.5 Å². The second-order valence-corrected chi connectivity index (χ2v) is 5.14. The van der Waals surface area contributed by atoms with Gasteiger partial charge in [0.15, 0.2) is 6.61 Å². The van der Waals surface area contributed by atoms with E-state index in [1.165, 1.54) is 35.2 Å². The Morgan fingerprint density at radius 2 is 1.91 bits per heavy atom. The lowest BCUT2D eigenvalue weighted by atomic mass is 10.0. The molecule has 2 aromatic rings. The summed E-state index contributed by atoms with van der Waals surface area (Å²) in [7, 11) is 0. The van der Waals surface area contributed by atoms with E-state index < -0.39 is 5.82 Å². The van der Waals surface area contributed by atoms with Gasteiger partial charge in [0.05, 0.1) is 5.69 Å². The molecule has 0 saturated heterocycles. The first kappa shape index (κ1) is 14.5. The summed E-state index contributed by atoms with van der Waals surface area (Å²) in [5.74, 6) is -0.672. The number of anilines is 1. The van der Waals surface area contributed by atoms with E-state index in [2.05, 4.69) is 0 Å². The zero-order valence-electron chi connectivity index (χ0n) is 11.9. The smallest absolute Gasteiger partial charge is 0.265 e. The van der Waals surface area contributed by atoms with Crippen LogP contribution in [0.25, 0.3) is 0 Å². The molecule has 1 amide bonds. The maximum atomic E-state index is 14.0. The number of para-hydroxylation sites is 1. The van der Waals surface area contributed by atoms with Gasteiger partial charge in [0.2, 0.25) is 0 Å². The van der Waals surface area contributed by atoms with Crippen molar-refractivity contribution in [1.29, 1.82) is 0 Å². The van der Waals surface area contributed by atoms with Crippen LogP contribution in [0, 0.1) is 11.6 Å². The highest BCUT2D eigenvalue weighted by Crippen LogP contribution is 2.30. The van der Waals surface area contributed by atoms with E-state index in [9.17, 15) is 13.6 Å². The van der Waals surface area contributed by atoms with Crippen molar-refractivity contribution in [2.75, 3.05) is 18.1 Å². The number of benzene rings is 2. The highest BCUT2D eigenvalue weighted by atomic mass is 19.1. The third kappa shape index (κ3) is 2.93. The molecule has 0 fully saturated rings. The molecule has 1 aliphatic heterocycles. The molecule has 0 bridgehead atoms. The largest absolute Gasteiger partial charge is 0.484 e. The maximum absolute atomic E-state index is 14.0. The Kier molecular flexibility index (Phi) is 4.04. The van der Waals surface area contributed by atoms with Crippen molar-refractivity contribution in [3.63, 3.8) is 0 Å². The van der Waals surface area contributed by atoms with E-state index in [0.717, 1.165) is 18.4 Å². The summed E-state index contributed by atoms with van der Waals surface area (Å²) in [6, 6.07) is 10.3. The van der Waals surface area contributed by atoms with Crippen LogP contribution in [-0.2, 0) is 11.2 Å². The highest BCUT2D eigenvalue weighted by Gasteiger charge is 2.25. The fraction of sp³-hybridized carbons (Fsp3) is 0.235. The lowest BCUT2D eigenvalue weighted by molar-refractivity contribution is -0.120. The normalized spacial score (nSPS) is 13.6. The van der Waals surface area contributed by atoms with Gasteiger partial charge in [-0.3, -0.25) is 4.79 Å². The first-order valence-corrected chi connectivity index (χ1v) is 7.11. The average Bonchev–Trinajstić information content (AvgIpc) is 2.54. The van der Waals surface area contributed by atoms with E-state index in [1.54, 1.807) is 6.07 Å². The molecule has 3 nitrogen and oxygen atoms in total. The molecule has 114 valence electrons. The number of nitrogens with zero attached hydrogens (tertiary/aromatic N) is 1. The van der Waals surface area contributed by atoms with Gasteiger partial charge in [-0.1, -0.05) is 12.1 Å². The van der Waals surface area contributed by atoms with Crippen molar-refractivity contribution in [2.24, 2.45) is 0 Å². The summed E-state index contributed by atoms with van der Waals surface area (Å²) >= 11 is 0. The van der Waals surface area contributed by atoms with Crippen LogP contribution < -0.4 is 9.64 Å². The van der Waals surface area contributed by atoms with E-state index in [0.29, 0.717) is 18.0 Å². The van der Waals surface area contributed by atoms with Gasteiger partial charge < -0.3 is 9.64 Å². The standard InChI is InChI=1S/C17H15F2NO2/c18-13-6-8-14(9-7-13)22-11-16(21)20-10-2-4-12-3-1-5-15(19)17(12)20/h1,3,5-9H,2,4,10-11H2. The highest BCUT2D eigenvalue weighted by molar-refractivity contribution is 5.95. The lowest BCUT2D eigenvalue weighted by Gasteiger charge is -2.29. The minimum atomic E-state index is -0.396. The summed E-state index contributed by atoms with van der Waals surface area (Å²) in [5.41, 5.74) is 1.18. The Morgan fingerprint density at radius 3 is 2.68 bits per heavy atom. The molecule has 1 heterocycles. The zero-order valence-corrected chi connectivity index (χ0v) is 11.9. The van der Waals surface area contributed by atoms with Gasteiger partial charge in [0.1, 0.15) is 17.4 Å². The number of ether oxygens (including phenoxy) is 1. The number of carbonyl (C=O) groups is 1. The summed E-state index contributed by atoms with van der Waals surface area (Å²) in [5, 5.41) is 0. The van der Waals surface area contributed by atoms with Crippen molar-refractivity contribution >= 4 is 11.6 Å². The molecular formula is C17H15F2NO2. The maximum Gasteiger partial charge on any atom is 0.265 e. The van der Waals surface area contributed by atoms with Crippen LogP contribution >= 0.6 is 0 Å². The van der Waals surface area contributed by atoms with Gasteiger partial charge in [-0.15, -0.1) is 0 Å². The summed E-state index contributed by atoms with van der Waals surface area (Å²) in [4.78, 5) is 13.7. The summed E-state index contributed by atoms with van der Waals surface area (Å²) in [6.07, 6.45) is 1.55. The van der Waals surface area contributed by atoms with E-state index in [-0.39, 0.29) is 18.3 Å². The minimum absolute atomic E-state index is 0.209. The molecule has 0 atom stereocenters. The quantitative estimate of drug-likeness (QED) is 0.870. The van der Waals surface area contributed by atoms with Crippen molar-refractivity contribution in [3.05, 3.63) is 59.7 Å². The monoisotopic (exact) mass is 303 g/mol. The predicted molar refractivity (Wildman–Crippen MR) is 79.0 cm³/mol. The van der Waals surface area contributed by atoms with Gasteiger partial charge in [-0.25, -0.2) is 8.78 Å². The van der Waals surface area contributed by atoms with E-state index in [4.69, 9.17) is 4.74 Å². The molecule has 1 aliphatic rings. The van der Waals surface area contributed by atoms with Gasteiger partial charge in [0, 0.05) is 6.54 Å². The first-order chi connectivity index (χ1) is 10.6. The van der Waals surface area contributed by atoms with Crippen LogP contribution in [0.3, 0.4) is 0 Å². The fourth-order valence-electron chi connectivity index (χ4n) is 2.61. The van der Waals surface area contributed by atoms with Gasteiger partial charge in [0.25, 0.3) is 5.91 Å². The van der Waals surface area contributed by atoms with Crippen LogP contribution in [0.4, 0.5) is 14.5 Å². The molecule has 0 radical (unpaired) electrons. The number of fused-ring (bicyclic) bond motifs is 1. The minimum Gasteiger partial charge on any atom is -0.484 e. The van der Waals surface area contributed by atoms with Crippen molar-refractivity contribution in [1.82, 2.24) is 0 Å². The Labute approximate surface area is 127 Å². The molecule has 22 heavy (non-hydrogen) atoms. The van der Waals surface area contributed by atoms with Crippen LogP contribution in [0.15, 0.2) is 42.5 Å². The van der Waals surface area contributed by atoms with Crippen LogP contribution in [0.5, 0.6) is 5.75 Å². The second-order valence-electron chi connectivity index (χ2n) is 5.14. The lowest BCUT2D eigenvalue weighted by Crippen LogP contribution is -2.39. The van der Waals surface area contributed by atoms with Crippen LogP contribution in [0.1, 0.15) is 12.0 Å². The predicted octanol–water partition coefficient (Wildman–Crippen LogP) is 3.32. The van der Waals surface area contributed by atoms with Crippen molar-refractivity contribution in [3.8, 4) is 5.75 Å². The SMILES string of the molecule is O=C(COc1ccc(F)cc1)N1CCCc2cccc(F)c21. The van der Waals surface area contributed by atoms with Crippen molar-refractivity contribution in [2.45, 2.75) is 12.8 Å². The number of halogens is 2. The zero-order chi connectivity index (χ0) is 15.5. The number of amides is 1. The Morgan fingerprint density at radius 1 is 1.14 bits per heavy atom. The van der Waals surface area contributed by atoms with Crippen molar-refractivity contribution < 1.29 is 18.3 Å². The molecule has 0 spiro atoms. The molecule has 0 N–H and O–H groups in total. The number of carbonyl (C=O) groups excluding carboxylic acids is 1. The molecule has 0 aliphatic carbocycles. The number of rotatable bonds is 3. The van der Waals surface area contributed by atoms with Gasteiger partial charge in [-0.2, -0.15) is 0 Å². The van der Waals surface area contributed by atoms with E-state index >= 15 is 0 Å². The molecular weight excluding hydrogens is 288 g/mol. The number of hydrogen-bond donors (Lipinski definition) is 0. The van der Waals surface area contributed by atoms with Gasteiger partial charge >= 0.3 is 0 Å². The number of hydrogen-bond acceptors (Lipinski definition) is 2. The molecule has 0 unspecified atom stereocenters. The molecule has 5 heteroatoms. The molecule has 0 saturated carbocycles. The fourth-order valence-corrected chi connectivity index (χ4v) is 2.61. The summed E-state index contributed by atoms with van der Waals surface area (Å²) < 4.78 is 32.2. The Hall–Kier alpha value is -2.43. The number of aryl methyl sites for hydroxylation is 1. The molecule has 0 aromatic heterocycles. The second kappa shape index (κ2) is 6.13. The third-order valence-electron chi connectivity index (χ3n) is 3.65. The van der Waals surface area contributed by atoms with Gasteiger partial charge in [-0.05, 0) is 48.7 Å². The first-order valence-electron chi connectivity index (χ1n) is 7.11. The third-order valence-corrected chi connectivity index (χ3v) is 3.65. The van der Waals surface area contributed by atoms with Crippen LogP contribution in [-0.4, -0.2) is 19.1 Å². The summed E-state index contributed by atoms with van der Waals surface area (Å²) in [6.45, 7) is 0.263. The average molecular weight is 303 g/mol. The molecule has 3 rings (SSSR count).